The molecule has 0 radical (unpaired) electrons. The summed E-state index contributed by atoms with van der Waals surface area (Å²) in [5, 5.41) is 7.47. The predicted molar refractivity (Wildman–Crippen MR) is 121 cm³/mol. The van der Waals surface area contributed by atoms with E-state index in [2.05, 4.69) is 20.6 Å². The standard InChI is InChI=1S/C18H28F3N5O2S.HI/c1-17(2,3)28-16(27)26-7-5-6-12(10-26)8-23-15(22-4)24-9-14-25-13(11-29-14)18(19,20)21;/h11-12H,5-10H2,1-4H3,(H2,22,23,24);1H. The monoisotopic (exact) mass is 563 g/mol. The van der Waals surface area contributed by atoms with Crippen LogP contribution in [0.15, 0.2) is 10.4 Å². The van der Waals surface area contributed by atoms with Crippen molar-refractivity contribution in [3.05, 3.63) is 16.1 Å². The topological polar surface area (TPSA) is 78.9 Å². The maximum atomic E-state index is 12.6. The van der Waals surface area contributed by atoms with Gasteiger partial charge in [0.1, 0.15) is 10.6 Å². The molecule has 2 N–H and O–H groups in total. The van der Waals surface area contributed by atoms with Gasteiger partial charge in [-0.15, -0.1) is 35.3 Å². The molecule has 12 heteroatoms. The number of alkyl halides is 3. The van der Waals surface area contributed by atoms with Crippen LogP contribution in [0.3, 0.4) is 0 Å². The smallest absolute Gasteiger partial charge is 0.434 e. The Balaban J connectivity index is 0.00000450. The molecule has 0 aliphatic carbocycles. The molecule has 1 atom stereocenters. The third-order valence-corrected chi connectivity index (χ3v) is 5.05. The van der Waals surface area contributed by atoms with Crippen molar-refractivity contribution in [1.29, 1.82) is 0 Å². The van der Waals surface area contributed by atoms with Gasteiger partial charge in [0.15, 0.2) is 11.7 Å². The number of hydrogen-bond donors (Lipinski definition) is 2. The van der Waals surface area contributed by atoms with Crippen molar-refractivity contribution < 1.29 is 22.7 Å². The van der Waals surface area contributed by atoms with Crippen LogP contribution in [0.4, 0.5) is 18.0 Å². The maximum absolute atomic E-state index is 12.6. The normalized spacial score (nSPS) is 17.9. The number of rotatable bonds is 4. The predicted octanol–water partition coefficient (Wildman–Crippen LogP) is 4.09. The molecule has 1 aromatic heterocycles. The highest BCUT2D eigenvalue weighted by Crippen LogP contribution is 2.29. The second-order valence-electron chi connectivity index (χ2n) is 7.87. The van der Waals surface area contributed by atoms with Crippen LogP contribution in [0.2, 0.25) is 0 Å². The molecular weight excluding hydrogens is 534 g/mol. The molecule has 2 rings (SSSR count). The van der Waals surface area contributed by atoms with Crippen LogP contribution in [0.1, 0.15) is 44.3 Å². The van der Waals surface area contributed by atoms with E-state index in [1.807, 2.05) is 20.8 Å². The summed E-state index contributed by atoms with van der Waals surface area (Å²) in [6.07, 6.45) is -2.90. The molecule has 0 bridgehead atoms. The molecule has 30 heavy (non-hydrogen) atoms. The number of thiazole rings is 1. The molecular formula is C18H29F3IN5O2S. The van der Waals surface area contributed by atoms with Crippen LogP contribution in [0, 0.1) is 5.92 Å². The molecule has 1 fully saturated rings. The molecule has 1 aliphatic rings. The van der Waals surface area contributed by atoms with E-state index < -0.39 is 17.5 Å². The fourth-order valence-corrected chi connectivity index (χ4v) is 3.61. The van der Waals surface area contributed by atoms with Gasteiger partial charge in [0.05, 0.1) is 6.54 Å². The summed E-state index contributed by atoms with van der Waals surface area (Å²) < 4.78 is 43.3. The molecule has 1 aliphatic heterocycles. The number of nitrogens with zero attached hydrogens (tertiary/aromatic N) is 3. The van der Waals surface area contributed by atoms with Gasteiger partial charge in [-0.2, -0.15) is 13.2 Å². The van der Waals surface area contributed by atoms with Gasteiger partial charge in [-0.3, -0.25) is 4.99 Å². The van der Waals surface area contributed by atoms with Crippen LogP contribution < -0.4 is 10.6 Å². The number of likely N-dealkylation sites (tertiary alicyclic amines) is 1. The number of amides is 1. The Labute approximate surface area is 195 Å². The van der Waals surface area contributed by atoms with Crippen LogP contribution in [-0.2, 0) is 17.5 Å². The number of aliphatic imine (C=N–C) groups is 1. The van der Waals surface area contributed by atoms with Gasteiger partial charge in [-0.1, -0.05) is 0 Å². The van der Waals surface area contributed by atoms with Crippen molar-refractivity contribution in [2.24, 2.45) is 10.9 Å². The van der Waals surface area contributed by atoms with Crippen molar-refractivity contribution in [2.45, 2.75) is 51.9 Å². The van der Waals surface area contributed by atoms with E-state index in [0.29, 0.717) is 30.6 Å². The first-order valence-corrected chi connectivity index (χ1v) is 10.3. The van der Waals surface area contributed by atoms with E-state index in [-0.39, 0.29) is 42.5 Å². The first kappa shape index (κ1) is 26.7. The second-order valence-corrected chi connectivity index (χ2v) is 8.81. The van der Waals surface area contributed by atoms with Crippen molar-refractivity contribution in [3.63, 3.8) is 0 Å². The average Bonchev–Trinajstić information content (AvgIpc) is 3.10. The molecule has 7 nitrogen and oxygen atoms in total. The Hall–Kier alpha value is -1.31. The first-order chi connectivity index (χ1) is 13.5. The zero-order valence-electron chi connectivity index (χ0n) is 17.5. The largest absolute Gasteiger partial charge is 0.444 e. The molecule has 172 valence electrons. The van der Waals surface area contributed by atoms with E-state index in [0.717, 1.165) is 29.6 Å². The quantitative estimate of drug-likeness (QED) is 0.328. The number of piperidine rings is 1. The maximum Gasteiger partial charge on any atom is 0.434 e. The number of carbonyl (C=O) groups excluding carboxylic acids is 1. The third-order valence-electron chi connectivity index (χ3n) is 4.20. The number of halogens is 4. The molecule has 1 amide bonds. The Morgan fingerprint density at radius 2 is 2.07 bits per heavy atom. The van der Waals surface area contributed by atoms with Crippen molar-refractivity contribution in [3.8, 4) is 0 Å². The van der Waals surface area contributed by atoms with Crippen molar-refractivity contribution >= 4 is 47.4 Å². The summed E-state index contributed by atoms with van der Waals surface area (Å²) >= 11 is 0.948. The molecule has 1 saturated heterocycles. The molecule has 0 spiro atoms. The van der Waals surface area contributed by atoms with Gasteiger partial charge >= 0.3 is 12.3 Å². The highest BCUT2D eigenvalue weighted by molar-refractivity contribution is 14.0. The zero-order valence-corrected chi connectivity index (χ0v) is 20.7. The minimum atomic E-state index is -4.43. The number of carbonyl (C=O) groups is 1. The zero-order chi connectivity index (χ0) is 21.7. The van der Waals surface area contributed by atoms with Crippen LogP contribution in [-0.4, -0.2) is 54.2 Å². The average molecular weight is 563 g/mol. The van der Waals surface area contributed by atoms with E-state index in [1.165, 1.54) is 0 Å². The molecule has 1 aromatic rings. The minimum Gasteiger partial charge on any atom is -0.444 e. The number of ether oxygens (including phenoxy) is 1. The summed E-state index contributed by atoms with van der Waals surface area (Å²) in [5.41, 5.74) is -1.41. The lowest BCUT2D eigenvalue weighted by molar-refractivity contribution is -0.140. The third kappa shape index (κ3) is 8.82. The van der Waals surface area contributed by atoms with Crippen LogP contribution >= 0.6 is 35.3 Å². The minimum absolute atomic E-state index is 0. The SMILES string of the molecule is CN=C(NCc1nc(C(F)(F)F)cs1)NCC1CCCN(C(=O)OC(C)(C)C)C1.I. The number of aromatic nitrogens is 1. The number of hydrogen-bond acceptors (Lipinski definition) is 5. The van der Waals surface area contributed by atoms with Gasteiger partial charge in [0.25, 0.3) is 0 Å². The van der Waals surface area contributed by atoms with Gasteiger partial charge in [0.2, 0.25) is 0 Å². The van der Waals surface area contributed by atoms with E-state index in [1.54, 1.807) is 11.9 Å². The van der Waals surface area contributed by atoms with Crippen molar-refractivity contribution in [1.82, 2.24) is 20.5 Å². The molecule has 0 aromatic carbocycles. The van der Waals surface area contributed by atoms with Gasteiger partial charge < -0.3 is 20.3 Å². The van der Waals surface area contributed by atoms with Gasteiger partial charge in [-0.25, -0.2) is 9.78 Å². The summed E-state index contributed by atoms with van der Waals surface area (Å²) in [6.45, 7) is 7.50. The number of nitrogens with one attached hydrogen (secondary N) is 2. The van der Waals surface area contributed by atoms with E-state index in [9.17, 15) is 18.0 Å². The number of guanidine groups is 1. The summed E-state index contributed by atoms with van der Waals surface area (Å²) in [4.78, 5) is 21.6. The Morgan fingerprint density at radius 3 is 2.63 bits per heavy atom. The fourth-order valence-electron chi connectivity index (χ4n) is 2.87. The Kier molecular flexibility index (Phi) is 10.1. The lowest BCUT2D eigenvalue weighted by Gasteiger charge is -2.34. The van der Waals surface area contributed by atoms with Crippen LogP contribution in [0.5, 0.6) is 0 Å². The van der Waals surface area contributed by atoms with E-state index >= 15 is 0 Å². The molecule has 0 saturated carbocycles. The lowest BCUT2D eigenvalue weighted by atomic mass is 9.98. The first-order valence-electron chi connectivity index (χ1n) is 9.42. The highest BCUT2D eigenvalue weighted by Gasteiger charge is 2.33. The Bertz CT molecular complexity index is 721. The highest BCUT2D eigenvalue weighted by atomic mass is 127. The summed E-state index contributed by atoms with van der Waals surface area (Å²) in [6, 6.07) is 0. The molecule has 2 heterocycles. The summed E-state index contributed by atoms with van der Waals surface area (Å²) in [7, 11) is 1.59. The van der Waals surface area contributed by atoms with Crippen LogP contribution in [0.25, 0.3) is 0 Å². The second kappa shape index (κ2) is 11.3. The van der Waals surface area contributed by atoms with Gasteiger partial charge in [-0.05, 0) is 39.5 Å². The summed E-state index contributed by atoms with van der Waals surface area (Å²) in [5.74, 6) is 0.703. The Morgan fingerprint density at radius 1 is 1.37 bits per heavy atom. The molecule has 1 unspecified atom stereocenters. The van der Waals surface area contributed by atoms with E-state index in [4.69, 9.17) is 4.74 Å². The fraction of sp³-hybridized carbons (Fsp3) is 0.722. The lowest BCUT2D eigenvalue weighted by Crippen LogP contribution is -2.47. The van der Waals surface area contributed by atoms with Gasteiger partial charge in [0, 0.05) is 32.1 Å². The van der Waals surface area contributed by atoms with Crippen molar-refractivity contribution in [2.75, 3.05) is 26.7 Å².